The Morgan fingerprint density at radius 1 is 1.47 bits per heavy atom. The summed E-state index contributed by atoms with van der Waals surface area (Å²) < 4.78 is 3.21. The number of H-pyrrole nitrogens is 1. The Kier molecular flexibility index (Phi) is 1.46. The van der Waals surface area contributed by atoms with E-state index in [1.807, 2.05) is 0 Å². The van der Waals surface area contributed by atoms with Gasteiger partial charge in [0.2, 0.25) is 0 Å². The van der Waals surface area contributed by atoms with E-state index in [4.69, 9.17) is 0 Å². The Hall–Kier alpha value is -1.85. The molecule has 0 radical (unpaired) electrons. The lowest BCUT2D eigenvalue weighted by atomic mass is 10.5. The maximum Gasteiger partial charge on any atom is 0.330 e. The van der Waals surface area contributed by atoms with E-state index in [2.05, 4.69) is 9.97 Å². The van der Waals surface area contributed by atoms with Crippen LogP contribution in [0.1, 0.15) is 18.9 Å². The van der Waals surface area contributed by atoms with Crippen LogP contribution >= 0.6 is 0 Å². The predicted octanol–water partition coefficient (Wildman–Crippen LogP) is -0.242. The number of fused-ring (bicyclic) bond motifs is 1. The van der Waals surface area contributed by atoms with Gasteiger partial charge in [0.05, 0.1) is 6.33 Å². The summed E-state index contributed by atoms with van der Waals surface area (Å²) in [6.07, 6.45) is 3.52. The fourth-order valence-electron chi connectivity index (χ4n) is 1.84. The van der Waals surface area contributed by atoms with Crippen molar-refractivity contribution in [2.45, 2.75) is 18.9 Å². The summed E-state index contributed by atoms with van der Waals surface area (Å²) in [4.78, 5) is 29.6. The molecule has 6 nitrogen and oxygen atoms in total. The van der Waals surface area contributed by atoms with E-state index in [9.17, 15) is 9.59 Å². The highest BCUT2D eigenvalue weighted by atomic mass is 16.2. The first kappa shape index (κ1) is 8.46. The van der Waals surface area contributed by atoms with Gasteiger partial charge in [-0.05, 0) is 12.8 Å². The number of aryl methyl sites for hydroxylation is 1. The van der Waals surface area contributed by atoms with Crippen LogP contribution in [0, 0.1) is 0 Å². The van der Waals surface area contributed by atoms with Gasteiger partial charge in [-0.1, -0.05) is 0 Å². The third-order valence-electron chi connectivity index (χ3n) is 2.71. The Bertz CT molecular complexity index is 644. The van der Waals surface area contributed by atoms with Gasteiger partial charge < -0.3 is 4.57 Å². The van der Waals surface area contributed by atoms with E-state index in [0.29, 0.717) is 11.2 Å². The van der Waals surface area contributed by atoms with E-state index in [1.165, 1.54) is 0 Å². The van der Waals surface area contributed by atoms with Crippen LogP contribution < -0.4 is 11.2 Å². The third kappa shape index (κ3) is 1.07. The molecule has 78 valence electrons. The second-order valence-corrected chi connectivity index (χ2v) is 3.89. The lowest BCUT2D eigenvalue weighted by molar-refractivity contribution is 0.701. The van der Waals surface area contributed by atoms with Gasteiger partial charge >= 0.3 is 5.69 Å². The predicted molar refractivity (Wildman–Crippen MR) is 53.9 cm³/mol. The molecule has 0 unspecified atom stereocenters. The smallest absolute Gasteiger partial charge is 0.328 e. The SMILES string of the molecule is Cn1cnc2c1c(=O)[nH]c(=O)n2C1CC1. The molecule has 0 aromatic carbocycles. The molecule has 6 heteroatoms. The maximum atomic E-state index is 11.6. The highest BCUT2D eigenvalue weighted by Gasteiger charge is 2.28. The van der Waals surface area contributed by atoms with Crippen LogP contribution in [0.2, 0.25) is 0 Å². The fraction of sp³-hybridized carbons (Fsp3) is 0.444. The normalized spacial score (nSPS) is 16.1. The molecule has 0 atom stereocenters. The van der Waals surface area contributed by atoms with Crippen molar-refractivity contribution >= 4 is 11.2 Å². The molecular weight excluding hydrogens is 196 g/mol. The zero-order valence-corrected chi connectivity index (χ0v) is 8.23. The summed E-state index contributed by atoms with van der Waals surface area (Å²) >= 11 is 0. The zero-order valence-electron chi connectivity index (χ0n) is 8.23. The molecule has 1 fully saturated rings. The second kappa shape index (κ2) is 2.59. The molecule has 0 spiro atoms. The largest absolute Gasteiger partial charge is 0.330 e. The molecule has 1 aliphatic carbocycles. The number of hydrogen-bond donors (Lipinski definition) is 1. The van der Waals surface area contributed by atoms with Crippen molar-refractivity contribution in [3.05, 3.63) is 27.2 Å². The van der Waals surface area contributed by atoms with Gasteiger partial charge in [-0.3, -0.25) is 14.3 Å². The number of imidazole rings is 1. The molecule has 0 amide bonds. The number of rotatable bonds is 1. The summed E-state index contributed by atoms with van der Waals surface area (Å²) in [6, 6.07) is 0.215. The molecule has 3 rings (SSSR count). The molecule has 0 saturated heterocycles. The highest BCUT2D eigenvalue weighted by Crippen LogP contribution is 2.34. The van der Waals surface area contributed by atoms with E-state index in [1.54, 1.807) is 22.5 Å². The number of nitrogens with one attached hydrogen (secondary N) is 1. The van der Waals surface area contributed by atoms with Crippen LogP contribution in [-0.4, -0.2) is 19.1 Å². The van der Waals surface area contributed by atoms with Crippen LogP contribution in [0.15, 0.2) is 15.9 Å². The van der Waals surface area contributed by atoms with Crippen molar-refractivity contribution in [3.8, 4) is 0 Å². The first-order valence-electron chi connectivity index (χ1n) is 4.84. The zero-order chi connectivity index (χ0) is 10.6. The summed E-state index contributed by atoms with van der Waals surface area (Å²) in [5.41, 5.74) is 0.232. The van der Waals surface area contributed by atoms with Crippen LogP contribution in [-0.2, 0) is 7.05 Å². The Morgan fingerprint density at radius 2 is 2.20 bits per heavy atom. The molecule has 2 aromatic rings. The van der Waals surface area contributed by atoms with Gasteiger partial charge in [0.1, 0.15) is 0 Å². The average Bonchev–Trinajstić information content (AvgIpc) is 2.91. The Morgan fingerprint density at radius 3 is 2.87 bits per heavy atom. The molecule has 15 heavy (non-hydrogen) atoms. The van der Waals surface area contributed by atoms with Gasteiger partial charge in [-0.15, -0.1) is 0 Å². The number of aromatic amines is 1. The van der Waals surface area contributed by atoms with Crippen molar-refractivity contribution in [1.82, 2.24) is 19.1 Å². The number of aromatic nitrogens is 4. The van der Waals surface area contributed by atoms with Gasteiger partial charge in [0, 0.05) is 13.1 Å². The van der Waals surface area contributed by atoms with Crippen molar-refractivity contribution < 1.29 is 0 Å². The van der Waals surface area contributed by atoms with E-state index >= 15 is 0 Å². The lowest BCUT2D eigenvalue weighted by Crippen LogP contribution is -2.30. The van der Waals surface area contributed by atoms with Gasteiger partial charge in [0.25, 0.3) is 5.56 Å². The van der Waals surface area contributed by atoms with Crippen molar-refractivity contribution in [2.24, 2.45) is 7.05 Å². The standard InChI is InChI=1S/C9H10N4O2/c1-12-4-10-7-6(12)8(14)11-9(15)13(7)5-2-3-5/h4-5H,2-3H2,1H3,(H,11,14,15). The molecular formula is C9H10N4O2. The Labute approximate surface area is 84.2 Å². The van der Waals surface area contributed by atoms with Crippen molar-refractivity contribution in [3.63, 3.8) is 0 Å². The Balaban J connectivity index is 2.53. The van der Waals surface area contributed by atoms with Crippen LogP contribution in [0.25, 0.3) is 11.2 Å². The summed E-state index contributed by atoms with van der Waals surface area (Å²) in [5, 5.41) is 0. The summed E-state index contributed by atoms with van der Waals surface area (Å²) in [7, 11) is 1.74. The maximum absolute atomic E-state index is 11.6. The third-order valence-corrected chi connectivity index (χ3v) is 2.71. The quantitative estimate of drug-likeness (QED) is 0.699. The molecule has 1 N–H and O–H groups in total. The van der Waals surface area contributed by atoms with E-state index in [0.717, 1.165) is 12.8 Å². The molecule has 2 aromatic heterocycles. The van der Waals surface area contributed by atoms with Crippen molar-refractivity contribution in [1.29, 1.82) is 0 Å². The van der Waals surface area contributed by atoms with Crippen LogP contribution in [0.5, 0.6) is 0 Å². The van der Waals surface area contributed by atoms with Crippen molar-refractivity contribution in [2.75, 3.05) is 0 Å². The average molecular weight is 206 g/mol. The van der Waals surface area contributed by atoms with E-state index in [-0.39, 0.29) is 17.3 Å². The topological polar surface area (TPSA) is 72.7 Å². The van der Waals surface area contributed by atoms with Gasteiger partial charge in [-0.25, -0.2) is 9.78 Å². The summed E-state index contributed by atoms with van der Waals surface area (Å²) in [5.74, 6) is 0. The molecule has 0 aliphatic heterocycles. The minimum atomic E-state index is -0.369. The lowest BCUT2D eigenvalue weighted by Gasteiger charge is -2.02. The van der Waals surface area contributed by atoms with E-state index < -0.39 is 0 Å². The van der Waals surface area contributed by atoms with Gasteiger partial charge in [-0.2, -0.15) is 0 Å². The van der Waals surface area contributed by atoms with Crippen LogP contribution in [0.3, 0.4) is 0 Å². The number of hydrogen-bond acceptors (Lipinski definition) is 3. The molecule has 2 heterocycles. The second-order valence-electron chi connectivity index (χ2n) is 3.89. The first-order chi connectivity index (χ1) is 7.18. The monoisotopic (exact) mass is 206 g/mol. The molecule has 1 saturated carbocycles. The minimum absolute atomic E-state index is 0.215. The minimum Gasteiger partial charge on any atom is -0.328 e. The first-order valence-corrected chi connectivity index (χ1v) is 4.84. The fourth-order valence-corrected chi connectivity index (χ4v) is 1.84. The molecule has 0 bridgehead atoms. The summed E-state index contributed by atoms with van der Waals surface area (Å²) in [6.45, 7) is 0. The van der Waals surface area contributed by atoms with Crippen LogP contribution in [0.4, 0.5) is 0 Å². The van der Waals surface area contributed by atoms with Gasteiger partial charge in [0.15, 0.2) is 11.2 Å². The highest BCUT2D eigenvalue weighted by molar-refractivity contribution is 5.69. The molecule has 1 aliphatic rings. The number of nitrogens with zero attached hydrogens (tertiary/aromatic N) is 3.